The molecule has 0 aliphatic heterocycles. The molecular weight excluding hydrogens is 413 g/mol. The predicted octanol–water partition coefficient (Wildman–Crippen LogP) is 5.04. The summed E-state index contributed by atoms with van der Waals surface area (Å²) in [5, 5.41) is 11.7. The molecule has 0 fully saturated rings. The zero-order valence-electron chi connectivity index (χ0n) is 16.3. The number of halogens is 2. The van der Waals surface area contributed by atoms with Gasteiger partial charge in [-0.05, 0) is 25.1 Å². The number of amidine groups is 1. The zero-order chi connectivity index (χ0) is 21.2. The quantitative estimate of drug-likeness (QED) is 0.377. The van der Waals surface area contributed by atoms with Crippen molar-refractivity contribution in [2.75, 3.05) is 7.11 Å². The van der Waals surface area contributed by atoms with Gasteiger partial charge in [0.05, 0.1) is 5.71 Å². The Balaban J connectivity index is 2.11. The zero-order valence-corrected chi connectivity index (χ0v) is 17.8. The Bertz CT molecular complexity index is 936. The number of nitrogens with one attached hydrogen (secondary N) is 1. The number of benzene rings is 2. The standard InChI is InChI=1S/C21H21Cl2N3O3/c1-14(11-12-18-19(22)9-6-10-20(18)23)25-29-13-16-7-4-5-8-17(16)21(26-28-3)24-15(2)27/h4-12H,13H2,1-3H3,(H,24,26,27)/b12-11+,25-14+. The van der Waals surface area contributed by atoms with Crippen LogP contribution in [-0.4, -0.2) is 24.6 Å². The van der Waals surface area contributed by atoms with Gasteiger partial charge in [-0.3, -0.25) is 4.79 Å². The number of oxime groups is 2. The Morgan fingerprint density at radius 3 is 2.41 bits per heavy atom. The topological polar surface area (TPSA) is 72.3 Å². The molecule has 0 aromatic heterocycles. The van der Waals surface area contributed by atoms with Crippen molar-refractivity contribution in [2.24, 2.45) is 10.3 Å². The van der Waals surface area contributed by atoms with Gasteiger partial charge >= 0.3 is 0 Å². The smallest absolute Gasteiger partial charge is 0.222 e. The molecule has 0 saturated heterocycles. The van der Waals surface area contributed by atoms with Gasteiger partial charge in [0, 0.05) is 33.7 Å². The lowest BCUT2D eigenvalue weighted by Crippen LogP contribution is -2.30. The van der Waals surface area contributed by atoms with Crippen molar-refractivity contribution in [3.05, 3.63) is 75.3 Å². The van der Waals surface area contributed by atoms with E-state index in [0.717, 1.165) is 5.56 Å². The van der Waals surface area contributed by atoms with E-state index in [2.05, 4.69) is 15.6 Å². The van der Waals surface area contributed by atoms with E-state index >= 15 is 0 Å². The van der Waals surface area contributed by atoms with E-state index < -0.39 is 0 Å². The van der Waals surface area contributed by atoms with Crippen molar-refractivity contribution in [3.8, 4) is 0 Å². The molecule has 2 rings (SSSR count). The van der Waals surface area contributed by atoms with E-state index in [4.69, 9.17) is 32.9 Å². The molecule has 0 saturated carbocycles. The molecule has 2 aromatic rings. The molecule has 6 nitrogen and oxygen atoms in total. The van der Waals surface area contributed by atoms with Crippen LogP contribution in [0.2, 0.25) is 10.0 Å². The van der Waals surface area contributed by atoms with Gasteiger partial charge < -0.3 is 15.0 Å². The number of rotatable bonds is 7. The molecule has 0 radical (unpaired) electrons. The van der Waals surface area contributed by atoms with Crippen molar-refractivity contribution in [1.82, 2.24) is 5.32 Å². The minimum absolute atomic E-state index is 0.177. The number of hydrogen-bond acceptors (Lipinski definition) is 5. The Morgan fingerprint density at radius 2 is 1.76 bits per heavy atom. The van der Waals surface area contributed by atoms with Crippen LogP contribution >= 0.6 is 23.2 Å². The van der Waals surface area contributed by atoms with Crippen LogP contribution in [0.5, 0.6) is 0 Å². The van der Waals surface area contributed by atoms with Gasteiger partial charge in [0.25, 0.3) is 0 Å². The summed E-state index contributed by atoms with van der Waals surface area (Å²) >= 11 is 12.3. The summed E-state index contributed by atoms with van der Waals surface area (Å²) < 4.78 is 0. The number of amides is 1. The number of nitrogens with zero attached hydrogens (tertiary/aromatic N) is 2. The number of allylic oxidation sites excluding steroid dienone is 1. The monoisotopic (exact) mass is 433 g/mol. The molecule has 1 N–H and O–H groups in total. The summed E-state index contributed by atoms with van der Waals surface area (Å²) in [5.74, 6) is 0.0434. The summed E-state index contributed by atoms with van der Waals surface area (Å²) in [6.07, 6.45) is 3.54. The van der Waals surface area contributed by atoms with Gasteiger partial charge in [-0.1, -0.05) is 69.9 Å². The third kappa shape index (κ3) is 6.93. The molecule has 0 atom stereocenters. The van der Waals surface area contributed by atoms with Crippen LogP contribution < -0.4 is 5.32 Å². The molecule has 152 valence electrons. The minimum atomic E-state index is -0.256. The van der Waals surface area contributed by atoms with Gasteiger partial charge in [-0.25, -0.2) is 0 Å². The largest absolute Gasteiger partial charge is 0.397 e. The van der Waals surface area contributed by atoms with E-state index in [1.165, 1.54) is 14.0 Å². The average Bonchev–Trinajstić information content (AvgIpc) is 2.67. The Morgan fingerprint density at radius 1 is 1.07 bits per heavy atom. The average molecular weight is 434 g/mol. The molecule has 0 aliphatic carbocycles. The van der Waals surface area contributed by atoms with Crippen LogP contribution in [0.1, 0.15) is 30.5 Å². The van der Waals surface area contributed by atoms with Gasteiger partial charge in [-0.2, -0.15) is 0 Å². The SMILES string of the molecule is CO/N=C(/NC(C)=O)c1ccccc1CO/N=C(C)/C=C/c1c(Cl)cccc1Cl. The van der Waals surface area contributed by atoms with E-state index in [1.54, 1.807) is 37.3 Å². The lowest BCUT2D eigenvalue weighted by molar-refractivity contribution is -0.117. The normalized spacial score (nSPS) is 12.2. The number of carbonyl (C=O) groups is 1. The molecule has 1 amide bonds. The van der Waals surface area contributed by atoms with E-state index in [9.17, 15) is 4.79 Å². The first-order chi connectivity index (χ1) is 13.9. The van der Waals surface area contributed by atoms with Crippen LogP contribution in [-0.2, 0) is 21.1 Å². The molecule has 0 unspecified atom stereocenters. The van der Waals surface area contributed by atoms with Crippen molar-refractivity contribution >= 4 is 46.7 Å². The first-order valence-corrected chi connectivity index (χ1v) is 9.43. The second kappa shape index (κ2) is 11.2. The maximum atomic E-state index is 11.4. The van der Waals surface area contributed by atoms with Crippen molar-refractivity contribution in [1.29, 1.82) is 0 Å². The van der Waals surface area contributed by atoms with Crippen molar-refractivity contribution in [3.63, 3.8) is 0 Å². The summed E-state index contributed by atoms with van der Waals surface area (Å²) in [4.78, 5) is 21.7. The predicted molar refractivity (Wildman–Crippen MR) is 117 cm³/mol. The van der Waals surface area contributed by atoms with E-state index in [0.29, 0.717) is 32.7 Å². The highest BCUT2D eigenvalue weighted by Gasteiger charge is 2.12. The molecule has 0 heterocycles. The summed E-state index contributed by atoms with van der Waals surface area (Å²) in [7, 11) is 1.41. The first-order valence-electron chi connectivity index (χ1n) is 8.68. The first kappa shape index (κ1) is 22.5. The van der Waals surface area contributed by atoms with Crippen LogP contribution in [0.25, 0.3) is 6.08 Å². The highest BCUT2D eigenvalue weighted by Crippen LogP contribution is 2.25. The Labute approximate surface area is 179 Å². The summed E-state index contributed by atoms with van der Waals surface area (Å²) in [6, 6.07) is 12.7. The Hall–Kier alpha value is -2.83. The van der Waals surface area contributed by atoms with Crippen molar-refractivity contribution in [2.45, 2.75) is 20.5 Å². The second-order valence-corrected chi connectivity index (χ2v) is 6.75. The van der Waals surface area contributed by atoms with Crippen LogP contribution in [0.4, 0.5) is 0 Å². The number of carbonyl (C=O) groups excluding carboxylic acids is 1. The molecule has 0 aliphatic rings. The fraction of sp³-hybridized carbons (Fsp3) is 0.190. The maximum absolute atomic E-state index is 11.4. The van der Waals surface area contributed by atoms with Crippen LogP contribution in [0.3, 0.4) is 0 Å². The van der Waals surface area contributed by atoms with Gasteiger partial charge in [0.15, 0.2) is 5.84 Å². The van der Waals surface area contributed by atoms with Gasteiger partial charge in [-0.15, -0.1) is 0 Å². The molecule has 0 spiro atoms. The second-order valence-electron chi connectivity index (χ2n) is 5.94. The van der Waals surface area contributed by atoms with Crippen molar-refractivity contribution < 1.29 is 14.5 Å². The third-order valence-corrected chi connectivity index (χ3v) is 4.33. The maximum Gasteiger partial charge on any atom is 0.222 e. The van der Waals surface area contributed by atoms with Gasteiger partial charge in [0.2, 0.25) is 5.91 Å². The van der Waals surface area contributed by atoms with Gasteiger partial charge in [0.1, 0.15) is 13.7 Å². The van der Waals surface area contributed by atoms with E-state index in [1.807, 2.05) is 24.3 Å². The van der Waals surface area contributed by atoms with Crippen LogP contribution in [0, 0.1) is 0 Å². The highest BCUT2D eigenvalue weighted by atomic mass is 35.5. The fourth-order valence-electron chi connectivity index (χ4n) is 2.38. The van der Waals surface area contributed by atoms with Crippen LogP contribution in [0.15, 0.2) is 58.9 Å². The lowest BCUT2D eigenvalue weighted by Gasteiger charge is -2.11. The highest BCUT2D eigenvalue weighted by molar-refractivity contribution is 6.37. The number of hydrogen-bond donors (Lipinski definition) is 1. The summed E-state index contributed by atoms with van der Waals surface area (Å²) in [6.45, 7) is 3.37. The molecule has 0 bridgehead atoms. The lowest BCUT2D eigenvalue weighted by atomic mass is 10.1. The van der Waals surface area contributed by atoms with E-state index in [-0.39, 0.29) is 12.5 Å². The fourth-order valence-corrected chi connectivity index (χ4v) is 2.91. The third-order valence-electron chi connectivity index (χ3n) is 3.67. The molecular formula is C21H21Cl2N3O3. The summed E-state index contributed by atoms with van der Waals surface area (Å²) in [5.41, 5.74) is 2.81. The molecule has 29 heavy (non-hydrogen) atoms. The Kier molecular flexibility index (Phi) is 8.70. The minimum Gasteiger partial charge on any atom is -0.397 e. The molecule has 8 heteroatoms. The molecule has 2 aromatic carbocycles.